The Kier molecular flexibility index (Phi) is 3.94. The number of nitrogens with one attached hydrogen (secondary N) is 2. The van der Waals surface area contributed by atoms with Gasteiger partial charge in [-0.25, -0.2) is 0 Å². The second-order valence-electron chi connectivity index (χ2n) is 4.51. The number of rotatable bonds is 3. The molecule has 0 spiro atoms. The van der Waals surface area contributed by atoms with Crippen LogP contribution in [0.25, 0.3) is 0 Å². The molecule has 4 nitrogen and oxygen atoms in total. The van der Waals surface area contributed by atoms with Gasteiger partial charge in [0.25, 0.3) is 0 Å². The molecule has 2 N–H and O–H groups in total. The Morgan fingerprint density at radius 2 is 2.25 bits per heavy atom. The first kappa shape index (κ1) is 12.0. The Labute approximate surface area is 105 Å². The summed E-state index contributed by atoms with van der Waals surface area (Å²) in [6, 6.07) is 0. The van der Waals surface area contributed by atoms with Crippen molar-refractivity contribution in [2.75, 3.05) is 25.5 Å². The van der Waals surface area contributed by atoms with E-state index >= 15 is 0 Å². The fourth-order valence-corrected chi connectivity index (χ4v) is 3.01. The first-order chi connectivity index (χ1) is 7.69. The lowest BCUT2D eigenvalue weighted by Crippen LogP contribution is -3.12. The highest BCUT2D eigenvalue weighted by molar-refractivity contribution is 7.73. The number of piperidine rings is 1. The number of hydrogen-bond donors (Lipinski definition) is 2. The summed E-state index contributed by atoms with van der Waals surface area (Å²) in [5.41, 5.74) is 0. The average Bonchev–Trinajstić information content (AvgIpc) is 2.63. The lowest BCUT2D eigenvalue weighted by atomic mass is 10.00. The first-order valence-electron chi connectivity index (χ1n) is 5.78. The highest BCUT2D eigenvalue weighted by atomic mass is 32.1. The van der Waals surface area contributed by atoms with Crippen LogP contribution in [0, 0.1) is 9.87 Å². The summed E-state index contributed by atoms with van der Waals surface area (Å²) in [5.74, 6) is 0.889. The summed E-state index contributed by atoms with van der Waals surface area (Å²) in [7, 11) is 1.88. The monoisotopic (exact) mass is 259 g/mol. The Morgan fingerprint density at radius 3 is 2.81 bits per heavy atom. The van der Waals surface area contributed by atoms with E-state index < -0.39 is 0 Å². The van der Waals surface area contributed by atoms with E-state index in [0.717, 1.165) is 21.7 Å². The average molecular weight is 259 g/mol. The van der Waals surface area contributed by atoms with Gasteiger partial charge < -0.3 is 10.2 Å². The van der Waals surface area contributed by atoms with Crippen molar-refractivity contribution in [3.05, 3.63) is 3.95 Å². The van der Waals surface area contributed by atoms with Crippen LogP contribution < -0.4 is 10.2 Å². The van der Waals surface area contributed by atoms with Gasteiger partial charge in [-0.05, 0) is 31.0 Å². The third-order valence-corrected chi connectivity index (χ3v) is 4.50. The Hall–Kier alpha value is -0.460. The quantitative estimate of drug-likeness (QED) is 0.795. The van der Waals surface area contributed by atoms with Crippen LogP contribution in [0.4, 0.5) is 5.13 Å². The maximum Gasteiger partial charge on any atom is 0.204 e. The molecular formula is C10H19N4S2+. The molecule has 2 rings (SSSR count). The van der Waals surface area contributed by atoms with Crippen molar-refractivity contribution in [1.82, 2.24) is 9.78 Å². The molecule has 2 heterocycles. The molecule has 0 amide bonds. The van der Waals surface area contributed by atoms with Gasteiger partial charge in [-0.15, -0.1) is 5.10 Å². The van der Waals surface area contributed by atoms with Crippen LogP contribution >= 0.6 is 23.6 Å². The van der Waals surface area contributed by atoms with Crippen molar-refractivity contribution in [3.8, 4) is 0 Å². The van der Waals surface area contributed by atoms with Crippen LogP contribution in [0.15, 0.2) is 0 Å². The molecule has 0 aliphatic carbocycles. The predicted octanol–water partition coefficient (Wildman–Crippen LogP) is 0.988. The normalized spacial score (nSPS) is 25.6. The lowest BCUT2D eigenvalue weighted by molar-refractivity contribution is -0.929. The molecule has 1 aliphatic heterocycles. The fraction of sp³-hybridized carbons (Fsp3) is 0.800. The van der Waals surface area contributed by atoms with E-state index in [-0.39, 0.29) is 0 Å². The van der Waals surface area contributed by atoms with Gasteiger partial charge in [0.2, 0.25) is 5.13 Å². The van der Waals surface area contributed by atoms with E-state index in [9.17, 15) is 0 Å². The zero-order chi connectivity index (χ0) is 11.5. The van der Waals surface area contributed by atoms with Gasteiger partial charge in [-0.2, -0.15) is 4.68 Å². The molecule has 0 saturated carbocycles. The molecule has 0 atom stereocenters. The maximum atomic E-state index is 5.30. The molecule has 1 aliphatic rings. The molecular weight excluding hydrogens is 240 g/mol. The number of likely N-dealkylation sites (tertiary alicyclic amines) is 1. The number of anilines is 1. The van der Waals surface area contributed by atoms with E-state index in [1.54, 1.807) is 16.2 Å². The molecule has 0 radical (unpaired) electrons. The molecule has 0 aromatic carbocycles. The zero-order valence-electron chi connectivity index (χ0n) is 9.82. The topological polar surface area (TPSA) is 34.3 Å². The molecule has 1 aromatic rings. The van der Waals surface area contributed by atoms with Crippen molar-refractivity contribution in [2.45, 2.75) is 26.4 Å². The summed E-state index contributed by atoms with van der Waals surface area (Å²) in [6.45, 7) is 5.75. The molecule has 1 saturated heterocycles. The molecule has 0 bridgehead atoms. The highest BCUT2D eigenvalue weighted by Crippen LogP contribution is 2.12. The van der Waals surface area contributed by atoms with Crippen molar-refractivity contribution >= 4 is 28.7 Å². The second kappa shape index (κ2) is 5.25. The van der Waals surface area contributed by atoms with Crippen LogP contribution in [0.3, 0.4) is 0 Å². The zero-order valence-corrected chi connectivity index (χ0v) is 11.5. The molecule has 16 heavy (non-hydrogen) atoms. The summed E-state index contributed by atoms with van der Waals surface area (Å²) in [6.07, 6.45) is 2.65. The van der Waals surface area contributed by atoms with Crippen molar-refractivity contribution in [3.63, 3.8) is 0 Å². The summed E-state index contributed by atoms with van der Waals surface area (Å²) >= 11 is 6.84. The van der Waals surface area contributed by atoms with Crippen LogP contribution in [0.5, 0.6) is 0 Å². The van der Waals surface area contributed by atoms with Gasteiger partial charge in [-0.3, -0.25) is 0 Å². The van der Waals surface area contributed by atoms with Crippen molar-refractivity contribution < 1.29 is 4.90 Å². The van der Waals surface area contributed by atoms with Crippen molar-refractivity contribution in [2.24, 2.45) is 5.92 Å². The Morgan fingerprint density at radius 1 is 1.56 bits per heavy atom. The highest BCUT2D eigenvalue weighted by Gasteiger charge is 2.19. The fourth-order valence-electron chi connectivity index (χ4n) is 2.05. The molecule has 0 unspecified atom stereocenters. The van der Waals surface area contributed by atoms with Crippen molar-refractivity contribution in [1.29, 1.82) is 0 Å². The van der Waals surface area contributed by atoms with E-state index in [1.807, 2.05) is 11.7 Å². The largest absolute Gasteiger partial charge is 0.363 e. The smallest absolute Gasteiger partial charge is 0.204 e. The van der Waals surface area contributed by atoms with Gasteiger partial charge in [0.05, 0.1) is 13.1 Å². The van der Waals surface area contributed by atoms with E-state index in [1.165, 1.54) is 25.9 Å². The van der Waals surface area contributed by atoms with E-state index in [4.69, 9.17) is 12.2 Å². The standard InChI is InChI=1S/C10H18N4S2/c1-8-3-5-13(6-4-8)7-14-10(15)16-9(11-2)12-14/h8H,3-7H2,1-2H3,(H,11,12)/p+1. The van der Waals surface area contributed by atoms with Crippen LogP contribution in [0.2, 0.25) is 0 Å². The molecule has 90 valence electrons. The van der Waals surface area contributed by atoms with Gasteiger partial charge in [0, 0.05) is 7.05 Å². The van der Waals surface area contributed by atoms with E-state index in [2.05, 4.69) is 17.3 Å². The summed E-state index contributed by atoms with van der Waals surface area (Å²) in [5, 5.41) is 8.40. The summed E-state index contributed by atoms with van der Waals surface area (Å²) < 4.78 is 2.83. The van der Waals surface area contributed by atoms with Crippen LogP contribution in [-0.4, -0.2) is 29.9 Å². The van der Waals surface area contributed by atoms with Gasteiger partial charge in [-0.1, -0.05) is 18.3 Å². The number of quaternary nitrogens is 1. The second-order valence-corrected chi connectivity index (χ2v) is 6.14. The van der Waals surface area contributed by atoms with E-state index in [0.29, 0.717) is 0 Å². The van der Waals surface area contributed by atoms with Gasteiger partial charge in [0.15, 0.2) is 10.6 Å². The lowest BCUT2D eigenvalue weighted by Gasteiger charge is -2.26. The number of nitrogens with zero attached hydrogens (tertiary/aromatic N) is 2. The molecule has 1 aromatic heterocycles. The Balaban J connectivity index is 1.98. The van der Waals surface area contributed by atoms with Crippen LogP contribution in [0.1, 0.15) is 19.8 Å². The SMILES string of the molecule is CNc1nn(C[NH+]2CCC(C)CC2)c(=S)s1. The molecule has 6 heteroatoms. The number of hydrogen-bond acceptors (Lipinski definition) is 4. The Bertz CT molecular complexity index is 390. The third kappa shape index (κ3) is 2.81. The minimum atomic E-state index is 0.871. The minimum absolute atomic E-state index is 0.871. The maximum absolute atomic E-state index is 5.30. The van der Waals surface area contributed by atoms with Crippen LogP contribution in [-0.2, 0) is 6.67 Å². The van der Waals surface area contributed by atoms with Gasteiger partial charge in [0.1, 0.15) is 0 Å². The van der Waals surface area contributed by atoms with Gasteiger partial charge >= 0.3 is 0 Å². The minimum Gasteiger partial charge on any atom is -0.363 e. The molecule has 1 fully saturated rings. The third-order valence-electron chi connectivity index (χ3n) is 3.17. The number of aromatic nitrogens is 2. The first-order valence-corrected chi connectivity index (χ1v) is 7.01. The predicted molar refractivity (Wildman–Crippen MR) is 69.6 cm³/mol. The summed E-state index contributed by atoms with van der Waals surface area (Å²) in [4.78, 5) is 1.60.